The molecule has 1 N–H and O–H groups in total. The van der Waals surface area contributed by atoms with Crippen molar-refractivity contribution in [2.45, 2.75) is 102 Å². The van der Waals surface area contributed by atoms with Gasteiger partial charge in [-0.3, -0.25) is 9.52 Å². The Balaban J connectivity index is 0.000000595. The van der Waals surface area contributed by atoms with Gasteiger partial charge < -0.3 is 19.3 Å². The van der Waals surface area contributed by atoms with Crippen LogP contribution in [0.25, 0.3) is 0 Å². The minimum absolute atomic E-state index is 0.165. The fourth-order valence-corrected chi connectivity index (χ4v) is 8.83. The summed E-state index contributed by atoms with van der Waals surface area (Å²) in [5.41, 5.74) is 3.52. The summed E-state index contributed by atoms with van der Waals surface area (Å²) >= 11 is 6.43. The van der Waals surface area contributed by atoms with Crippen LogP contribution < -0.4 is 14.4 Å². The molecular weight excluding hydrogens is 654 g/mol. The second-order valence-electron chi connectivity index (χ2n) is 15.1. The van der Waals surface area contributed by atoms with Crippen molar-refractivity contribution in [3.8, 4) is 5.75 Å². The van der Waals surface area contributed by atoms with Gasteiger partial charge in [0.15, 0.2) is 0 Å². The minimum atomic E-state index is -1.45. The lowest BCUT2D eigenvalue weighted by Gasteiger charge is -2.49. The SMILES string of the molecule is CC/C=C/[C@](C)(OC)C1CCC1CN1C[C@@]2(CCCc3cc(Cl)ccc32)COc2ccc(C(=O)NS(=O)C(C)C)cc21.CN1CCCCC1. The van der Waals surface area contributed by atoms with E-state index in [1.165, 1.54) is 43.5 Å². The van der Waals surface area contributed by atoms with Gasteiger partial charge in [0.05, 0.1) is 17.9 Å². The number of carbonyl (C=O) groups is 1. The van der Waals surface area contributed by atoms with Crippen molar-refractivity contribution in [3.63, 3.8) is 0 Å². The van der Waals surface area contributed by atoms with Gasteiger partial charge in [0.1, 0.15) is 16.7 Å². The lowest BCUT2D eigenvalue weighted by atomic mass is 9.64. The minimum Gasteiger partial charge on any atom is -0.490 e. The number of aryl methyl sites for hydroxylation is 1. The number of anilines is 1. The molecular formula is C40H58ClN3O4S. The smallest absolute Gasteiger partial charge is 0.263 e. The fourth-order valence-electron chi connectivity index (χ4n) is 8.10. The van der Waals surface area contributed by atoms with Crippen LogP contribution in [0.4, 0.5) is 5.69 Å². The Hall–Kier alpha value is -2.39. The van der Waals surface area contributed by atoms with E-state index < -0.39 is 11.0 Å². The Bertz CT molecular complexity index is 1490. The third-order valence-electron chi connectivity index (χ3n) is 11.2. The molecule has 5 atom stereocenters. The molecule has 0 bridgehead atoms. The summed E-state index contributed by atoms with van der Waals surface area (Å²) < 4.78 is 27.8. The Labute approximate surface area is 302 Å². The average Bonchev–Trinajstić information content (AvgIpc) is 3.23. The van der Waals surface area contributed by atoms with E-state index in [2.05, 4.69) is 59.7 Å². The molecule has 49 heavy (non-hydrogen) atoms. The molecule has 1 spiro atoms. The van der Waals surface area contributed by atoms with Gasteiger partial charge in [-0.15, -0.1) is 0 Å². The number of allylic oxidation sites excluding steroid dienone is 1. The predicted octanol–water partition coefficient (Wildman–Crippen LogP) is 8.11. The van der Waals surface area contributed by atoms with Crippen LogP contribution in [0.2, 0.25) is 5.02 Å². The molecule has 4 aliphatic rings. The van der Waals surface area contributed by atoms with Crippen LogP contribution >= 0.6 is 11.6 Å². The second-order valence-corrected chi connectivity index (χ2v) is 17.2. The molecule has 2 aliphatic heterocycles. The van der Waals surface area contributed by atoms with Gasteiger partial charge in [-0.1, -0.05) is 43.2 Å². The van der Waals surface area contributed by atoms with Crippen LogP contribution in [0, 0.1) is 11.8 Å². The van der Waals surface area contributed by atoms with Crippen molar-refractivity contribution in [2.75, 3.05) is 51.8 Å². The summed E-state index contributed by atoms with van der Waals surface area (Å²) in [6, 6.07) is 11.9. The highest BCUT2D eigenvalue weighted by molar-refractivity contribution is 7.84. The standard InChI is InChI=1S/C34H45ClN2O4S.C6H13N/c1-6-7-16-33(4,40-5)28-13-10-26(28)20-37-21-34(17-8-9-24-18-27(35)12-14-29(24)34)22-41-31-15-11-25(19-30(31)37)32(38)36-42(39)23(2)3;1-7-5-3-2-4-6-7/h7,11-12,14-16,18-19,23,26,28H,6,8-10,13,17,20-22H2,1-5H3,(H,36,38);2-6H2,1H3/b16-7+;/t26?,28?,33-,34-,42?;/m0./s1. The van der Waals surface area contributed by atoms with Gasteiger partial charge in [-0.2, -0.15) is 0 Å². The largest absolute Gasteiger partial charge is 0.490 e. The van der Waals surface area contributed by atoms with Crippen LogP contribution in [0.3, 0.4) is 0 Å². The van der Waals surface area contributed by atoms with Gasteiger partial charge in [0.2, 0.25) is 0 Å². The fraction of sp³-hybridized carbons (Fsp3) is 0.625. The molecule has 2 heterocycles. The second kappa shape index (κ2) is 16.8. The third-order valence-corrected chi connectivity index (χ3v) is 12.7. The van der Waals surface area contributed by atoms with Crippen molar-refractivity contribution in [3.05, 3.63) is 70.3 Å². The number of amides is 1. The number of nitrogens with zero attached hydrogens (tertiary/aromatic N) is 2. The molecule has 2 aromatic carbocycles. The van der Waals surface area contributed by atoms with E-state index in [4.69, 9.17) is 21.1 Å². The zero-order chi connectivity index (χ0) is 35.2. The predicted molar refractivity (Wildman–Crippen MR) is 203 cm³/mol. The molecule has 2 fully saturated rings. The Morgan fingerprint density at radius 2 is 1.94 bits per heavy atom. The van der Waals surface area contributed by atoms with E-state index in [0.29, 0.717) is 24.0 Å². The van der Waals surface area contributed by atoms with E-state index in [1.54, 1.807) is 6.07 Å². The molecule has 9 heteroatoms. The van der Waals surface area contributed by atoms with Crippen molar-refractivity contribution < 1.29 is 18.5 Å². The number of hydrogen-bond acceptors (Lipinski definition) is 6. The number of piperidine rings is 1. The van der Waals surface area contributed by atoms with E-state index in [1.807, 2.05) is 39.2 Å². The molecule has 270 valence electrons. The third kappa shape index (κ3) is 8.92. The number of halogens is 1. The van der Waals surface area contributed by atoms with E-state index in [-0.39, 0.29) is 22.2 Å². The lowest BCUT2D eigenvalue weighted by Crippen LogP contribution is -2.52. The number of benzene rings is 2. The van der Waals surface area contributed by atoms with Crippen LogP contribution in [0.5, 0.6) is 5.75 Å². The molecule has 1 saturated heterocycles. The molecule has 6 rings (SSSR count). The van der Waals surface area contributed by atoms with Crippen molar-refractivity contribution >= 4 is 34.2 Å². The van der Waals surface area contributed by atoms with Crippen LogP contribution in [-0.2, 0) is 27.6 Å². The van der Waals surface area contributed by atoms with Gasteiger partial charge >= 0.3 is 0 Å². The highest BCUT2D eigenvalue weighted by Gasteiger charge is 2.47. The quantitative estimate of drug-likeness (QED) is 0.265. The number of likely N-dealkylation sites (tertiary alicyclic amines) is 1. The molecule has 0 aromatic heterocycles. The molecule has 7 nitrogen and oxygen atoms in total. The molecule has 3 unspecified atom stereocenters. The molecule has 2 aromatic rings. The lowest BCUT2D eigenvalue weighted by molar-refractivity contribution is -0.0621. The summed E-state index contributed by atoms with van der Waals surface area (Å²) in [5, 5.41) is 0.605. The number of rotatable bonds is 9. The average molecular weight is 712 g/mol. The van der Waals surface area contributed by atoms with Crippen LogP contribution in [0.15, 0.2) is 48.6 Å². The van der Waals surface area contributed by atoms with Gasteiger partial charge in [-0.05, 0) is 146 Å². The van der Waals surface area contributed by atoms with E-state index in [0.717, 1.165) is 68.1 Å². The number of ether oxygens (including phenoxy) is 2. The van der Waals surface area contributed by atoms with Crippen LogP contribution in [0.1, 0.15) is 101 Å². The summed E-state index contributed by atoms with van der Waals surface area (Å²) in [7, 11) is 2.56. The highest BCUT2D eigenvalue weighted by Crippen LogP contribution is 2.48. The van der Waals surface area contributed by atoms with Crippen LogP contribution in [-0.4, -0.2) is 72.8 Å². The topological polar surface area (TPSA) is 71.1 Å². The summed E-state index contributed by atoms with van der Waals surface area (Å²) in [5.74, 6) is 1.27. The zero-order valence-electron chi connectivity index (χ0n) is 30.6. The van der Waals surface area contributed by atoms with Crippen molar-refractivity contribution in [2.24, 2.45) is 11.8 Å². The molecule has 2 aliphatic carbocycles. The zero-order valence-corrected chi connectivity index (χ0v) is 32.1. The van der Waals surface area contributed by atoms with E-state index in [9.17, 15) is 9.00 Å². The number of methoxy groups -OCH3 is 1. The molecule has 1 saturated carbocycles. The Morgan fingerprint density at radius 3 is 2.57 bits per heavy atom. The number of hydrogen-bond donors (Lipinski definition) is 1. The van der Waals surface area contributed by atoms with Gasteiger partial charge in [0.25, 0.3) is 5.91 Å². The van der Waals surface area contributed by atoms with Gasteiger partial charge in [0, 0.05) is 41.5 Å². The number of nitrogens with one attached hydrogen (secondary N) is 1. The maximum atomic E-state index is 13.1. The first-order valence-corrected chi connectivity index (χ1v) is 20.0. The summed E-state index contributed by atoms with van der Waals surface area (Å²) in [4.78, 5) is 18.0. The normalized spacial score (nSPS) is 25.6. The maximum absolute atomic E-state index is 13.1. The van der Waals surface area contributed by atoms with E-state index >= 15 is 0 Å². The summed E-state index contributed by atoms with van der Waals surface area (Å²) in [6.07, 6.45) is 15.1. The van der Waals surface area contributed by atoms with Crippen molar-refractivity contribution in [1.82, 2.24) is 9.62 Å². The Morgan fingerprint density at radius 1 is 1.16 bits per heavy atom. The van der Waals surface area contributed by atoms with Gasteiger partial charge in [-0.25, -0.2) is 4.21 Å². The monoisotopic (exact) mass is 711 g/mol. The molecule has 1 amide bonds. The molecule has 0 radical (unpaired) electrons. The first-order valence-electron chi connectivity index (χ1n) is 18.4. The van der Waals surface area contributed by atoms with Crippen molar-refractivity contribution in [1.29, 1.82) is 0 Å². The summed E-state index contributed by atoms with van der Waals surface area (Å²) in [6.45, 7) is 12.8. The maximum Gasteiger partial charge on any atom is 0.263 e. The first kappa shape index (κ1) is 37.9. The number of carbonyl (C=O) groups excluding carboxylic acids is 1. The number of fused-ring (bicyclic) bond motifs is 3. The Kier molecular flexibility index (Phi) is 12.9. The first-order chi connectivity index (χ1) is 23.5. The highest BCUT2D eigenvalue weighted by atomic mass is 35.5.